The number of aliphatic hydroxyl groups is 1. The van der Waals surface area contributed by atoms with E-state index in [1.54, 1.807) is 26.2 Å². The van der Waals surface area contributed by atoms with Gasteiger partial charge in [0.25, 0.3) is 0 Å². The fourth-order valence-corrected chi connectivity index (χ4v) is 1.76. The van der Waals surface area contributed by atoms with Crippen LogP contribution in [-0.2, 0) is 0 Å². The first kappa shape index (κ1) is 11.2. The fraction of sp³-hybridized carbons (Fsp3) is 0.250. The molecule has 0 radical (unpaired) electrons. The van der Waals surface area contributed by atoms with Crippen LogP contribution in [0.15, 0.2) is 24.3 Å². The van der Waals surface area contributed by atoms with Gasteiger partial charge in [0.1, 0.15) is 5.75 Å². The third kappa shape index (κ3) is 1.96. The molecule has 3 nitrogen and oxygen atoms in total. The molecule has 4 heteroatoms. The van der Waals surface area contributed by atoms with Gasteiger partial charge in [-0.1, -0.05) is 17.7 Å². The average Bonchev–Trinajstić information content (AvgIpc) is 2.27. The van der Waals surface area contributed by atoms with Crippen LogP contribution in [0.2, 0.25) is 5.02 Å². The van der Waals surface area contributed by atoms with Crippen LogP contribution in [-0.4, -0.2) is 17.2 Å². The van der Waals surface area contributed by atoms with Crippen LogP contribution < -0.4 is 4.74 Å². The van der Waals surface area contributed by atoms with Crippen LogP contribution in [0.25, 0.3) is 10.9 Å². The maximum Gasteiger partial charge on any atom is 0.138 e. The number of nitrogens with zero attached hydrogens (tertiary/aromatic N) is 1. The molecule has 0 bridgehead atoms. The van der Waals surface area contributed by atoms with E-state index in [0.717, 1.165) is 10.9 Å². The predicted molar refractivity (Wildman–Crippen MR) is 63.9 cm³/mol. The molecular formula is C12H12ClNO2. The topological polar surface area (TPSA) is 42.4 Å². The Labute approximate surface area is 98.6 Å². The molecule has 0 saturated carbocycles. The van der Waals surface area contributed by atoms with E-state index in [1.165, 1.54) is 0 Å². The third-order valence-electron chi connectivity index (χ3n) is 2.41. The molecule has 84 valence electrons. The lowest BCUT2D eigenvalue weighted by atomic mass is 10.1. The molecule has 1 heterocycles. The Bertz CT molecular complexity index is 526. The fourth-order valence-electron chi connectivity index (χ4n) is 1.53. The van der Waals surface area contributed by atoms with Crippen molar-refractivity contribution >= 4 is 22.5 Å². The Morgan fingerprint density at radius 1 is 1.38 bits per heavy atom. The smallest absolute Gasteiger partial charge is 0.138 e. The minimum Gasteiger partial charge on any atom is -0.495 e. The first-order valence-corrected chi connectivity index (χ1v) is 5.32. The van der Waals surface area contributed by atoms with Crippen LogP contribution in [0.1, 0.15) is 18.7 Å². The number of aliphatic hydroxyl groups excluding tert-OH is 1. The van der Waals surface area contributed by atoms with E-state index in [2.05, 4.69) is 4.98 Å². The second kappa shape index (κ2) is 4.28. The largest absolute Gasteiger partial charge is 0.495 e. The van der Waals surface area contributed by atoms with Crippen molar-refractivity contribution in [3.8, 4) is 5.75 Å². The standard InChI is InChI=1S/C12H12ClNO2/c1-7(15)10-4-3-8-5-12(16-2)9(13)6-11(8)14-10/h3-7,15H,1-2H3. The highest BCUT2D eigenvalue weighted by Crippen LogP contribution is 2.29. The van der Waals surface area contributed by atoms with E-state index in [1.807, 2.05) is 12.1 Å². The number of aromatic nitrogens is 1. The number of rotatable bonds is 2. The molecule has 16 heavy (non-hydrogen) atoms. The lowest BCUT2D eigenvalue weighted by Crippen LogP contribution is -1.95. The van der Waals surface area contributed by atoms with Gasteiger partial charge >= 0.3 is 0 Å². The molecule has 2 aromatic rings. The summed E-state index contributed by atoms with van der Waals surface area (Å²) in [6.07, 6.45) is -0.578. The van der Waals surface area contributed by atoms with E-state index in [9.17, 15) is 5.11 Å². The quantitative estimate of drug-likeness (QED) is 0.873. The molecule has 0 spiro atoms. The summed E-state index contributed by atoms with van der Waals surface area (Å²) in [4.78, 5) is 4.32. The summed E-state index contributed by atoms with van der Waals surface area (Å²) >= 11 is 6.01. The van der Waals surface area contributed by atoms with Crippen molar-refractivity contribution in [2.24, 2.45) is 0 Å². The molecule has 0 fully saturated rings. The molecular weight excluding hydrogens is 226 g/mol. The van der Waals surface area contributed by atoms with E-state index in [-0.39, 0.29) is 0 Å². The Hall–Kier alpha value is -1.32. The van der Waals surface area contributed by atoms with Gasteiger partial charge in [0.15, 0.2) is 0 Å². The van der Waals surface area contributed by atoms with Crippen molar-refractivity contribution in [3.63, 3.8) is 0 Å². The minimum atomic E-state index is -0.578. The predicted octanol–water partition coefficient (Wildman–Crippen LogP) is 2.95. The summed E-state index contributed by atoms with van der Waals surface area (Å²) in [5.41, 5.74) is 1.39. The number of hydrogen-bond acceptors (Lipinski definition) is 3. The summed E-state index contributed by atoms with van der Waals surface area (Å²) in [5.74, 6) is 0.626. The van der Waals surface area contributed by atoms with Crippen molar-refractivity contribution in [1.82, 2.24) is 4.98 Å². The number of methoxy groups -OCH3 is 1. The van der Waals surface area contributed by atoms with Gasteiger partial charge in [-0.05, 0) is 25.1 Å². The van der Waals surface area contributed by atoms with Crippen LogP contribution in [0.5, 0.6) is 5.75 Å². The molecule has 1 aromatic heterocycles. The molecule has 0 amide bonds. The lowest BCUT2D eigenvalue weighted by Gasteiger charge is -2.08. The molecule has 0 aliphatic heterocycles. The second-order valence-electron chi connectivity index (χ2n) is 3.59. The number of halogens is 1. The van der Waals surface area contributed by atoms with Gasteiger partial charge in [0.2, 0.25) is 0 Å². The molecule has 0 saturated heterocycles. The van der Waals surface area contributed by atoms with Gasteiger partial charge < -0.3 is 9.84 Å². The van der Waals surface area contributed by atoms with Gasteiger partial charge in [0.05, 0.1) is 29.4 Å². The molecule has 1 N–H and O–H groups in total. The summed E-state index contributed by atoms with van der Waals surface area (Å²) in [6.45, 7) is 1.68. The van der Waals surface area contributed by atoms with Crippen LogP contribution in [0, 0.1) is 0 Å². The normalized spacial score (nSPS) is 12.8. The SMILES string of the molecule is COc1cc2ccc(C(C)O)nc2cc1Cl. The number of fused-ring (bicyclic) bond motifs is 1. The summed E-state index contributed by atoms with van der Waals surface area (Å²) in [7, 11) is 1.57. The second-order valence-corrected chi connectivity index (χ2v) is 4.00. The maximum absolute atomic E-state index is 9.43. The number of hydrogen-bond donors (Lipinski definition) is 1. The Morgan fingerprint density at radius 3 is 2.75 bits per heavy atom. The Morgan fingerprint density at radius 2 is 2.12 bits per heavy atom. The lowest BCUT2D eigenvalue weighted by molar-refractivity contribution is 0.195. The number of benzene rings is 1. The van der Waals surface area contributed by atoms with E-state index in [4.69, 9.17) is 16.3 Å². The first-order chi connectivity index (χ1) is 7.61. The summed E-state index contributed by atoms with van der Waals surface area (Å²) in [6, 6.07) is 7.25. The van der Waals surface area contributed by atoms with Crippen molar-refractivity contribution in [2.45, 2.75) is 13.0 Å². The van der Waals surface area contributed by atoms with Crippen molar-refractivity contribution in [1.29, 1.82) is 0 Å². The van der Waals surface area contributed by atoms with Gasteiger partial charge in [-0.25, -0.2) is 0 Å². The monoisotopic (exact) mass is 237 g/mol. The highest BCUT2D eigenvalue weighted by molar-refractivity contribution is 6.32. The molecule has 1 atom stereocenters. The average molecular weight is 238 g/mol. The minimum absolute atomic E-state index is 0.519. The third-order valence-corrected chi connectivity index (χ3v) is 2.71. The van der Waals surface area contributed by atoms with Crippen molar-refractivity contribution in [3.05, 3.63) is 35.0 Å². The van der Waals surface area contributed by atoms with Crippen molar-refractivity contribution < 1.29 is 9.84 Å². The molecule has 0 aliphatic rings. The van der Waals surface area contributed by atoms with Gasteiger partial charge in [0, 0.05) is 5.39 Å². The number of ether oxygens (including phenoxy) is 1. The Kier molecular flexibility index (Phi) is 2.99. The first-order valence-electron chi connectivity index (χ1n) is 4.94. The van der Waals surface area contributed by atoms with E-state index >= 15 is 0 Å². The van der Waals surface area contributed by atoms with Crippen LogP contribution >= 0.6 is 11.6 Å². The molecule has 2 rings (SSSR count). The number of pyridine rings is 1. The van der Waals surface area contributed by atoms with Crippen LogP contribution in [0.3, 0.4) is 0 Å². The maximum atomic E-state index is 9.43. The van der Waals surface area contributed by atoms with Gasteiger partial charge in [-0.3, -0.25) is 4.98 Å². The molecule has 1 unspecified atom stereocenters. The Balaban J connectivity index is 2.62. The highest BCUT2D eigenvalue weighted by Gasteiger charge is 2.07. The zero-order valence-electron chi connectivity index (χ0n) is 9.07. The molecule has 0 aliphatic carbocycles. The van der Waals surface area contributed by atoms with Gasteiger partial charge in [-0.2, -0.15) is 0 Å². The summed E-state index contributed by atoms with van der Waals surface area (Å²) < 4.78 is 5.12. The zero-order chi connectivity index (χ0) is 11.7. The van der Waals surface area contributed by atoms with Gasteiger partial charge in [-0.15, -0.1) is 0 Å². The summed E-state index contributed by atoms with van der Waals surface area (Å²) in [5, 5.41) is 10.9. The van der Waals surface area contributed by atoms with E-state index in [0.29, 0.717) is 16.5 Å². The molecule has 1 aromatic carbocycles. The van der Waals surface area contributed by atoms with E-state index < -0.39 is 6.10 Å². The van der Waals surface area contributed by atoms with Crippen molar-refractivity contribution in [2.75, 3.05) is 7.11 Å². The zero-order valence-corrected chi connectivity index (χ0v) is 9.82. The highest BCUT2D eigenvalue weighted by atomic mass is 35.5. The van der Waals surface area contributed by atoms with Crippen LogP contribution in [0.4, 0.5) is 0 Å².